The minimum Gasteiger partial charge on any atom is -0.345 e. The molecule has 1 aromatic carbocycles. The highest BCUT2D eigenvalue weighted by molar-refractivity contribution is 6.33. The number of nitrogens with one attached hydrogen (secondary N) is 1. The Morgan fingerprint density at radius 3 is 2.78 bits per heavy atom. The average molecular weight is 232 g/mol. The molecule has 0 unspecified atom stereocenters. The molecular formula is C14H9BN2O. The molecule has 0 spiro atoms. The number of pyridine rings is 1. The molecule has 0 aliphatic rings. The first-order valence-corrected chi connectivity index (χ1v) is 5.58. The molecule has 2 aromatic heterocycles. The summed E-state index contributed by atoms with van der Waals surface area (Å²) in [4.78, 5) is 19.5. The summed E-state index contributed by atoms with van der Waals surface area (Å²) in [6.45, 7) is 0. The van der Waals surface area contributed by atoms with Crippen LogP contribution in [-0.2, 0) is 0 Å². The van der Waals surface area contributed by atoms with Gasteiger partial charge >= 0.3 is 0 Å². The lowest BCUT2D eigenvalue weighted by molar-refractivity contribution is 0.104. The van der Waals surface area contributed by atoms with E-state index in [1.54, 1.807) is 30.6 Å². The molecule has 2 radical (unpaired) electrons. The van der Waals surface area contributed by atoms with E-state index in [2.05, 4.69) is 9.97 Å². The van der Waals surface area contributed by atoms with E-state index >= 15 is 0 Å². The Morgan fingerprint density at radius 2 is 2.00 bits per heavy atom. The van der Waals surface area contributed by atoms with Gasteiger partial charge in [-0.05, 0) is 0 Å². The van der Waals surface area contributed by atoms with Crippen molar-refractivity contribution >= 4 is 30.1 Å². The number of rotatable bonds is 2. The first-order valence-electron chi connectivity index (χ1n) is 5.58. The number of nitrogens with zero attached hydrogens (tertiary/aromatic N) is 1. The fraction of sp³-hybridized carbons (Fsp3) is 0. The largest absolute Gasteiger partial charge is 0.345 e. The Hall–Kier alpha value is -2.36. The summed E-state index contributed by atoms with van der Waals surface area (Å²) >= 11 is 0. The third-order valence-corrected chi connectivity index (χ3v) is 2.83. The molecule has 0 amide bonds. The molecule has 0 bridgehead atoms. The van der Waals surface area contributed by atoms with Crippen LogP contribution in [0.1, 0.15) is 15.9 Å². The lowest BCUT2D eigenvalue weighted by Gasteiger charge is -1.99. The van der Waals surface area contributed by atoms with Gasteiger partial charge in [-0.25, -0.2) is 4.98 Å². The van der Waals surface area contributed by atoms with Gasteiger partial charge < -0.3 is 4.98 Å². The van der Waals surface area contributed by atoms with Gasteiger partial charge in [0.15, 0.2) is 5.78 Å². The molecule has 0 fully saturated rings. The lowest BCUT2D eigenvalue weighted by Crippen LogP contribution is -2.04. The smallest absolute Gasteiger partial charge is 0.195 e. The molecule has 0 atom stereocenters. The van der Waals surface area contributed by atoms with Crippen LogP contribution in [-0.4, -0.2) is 23.6 Å². The minimum atomic E-state index is -0.0331. The summed E-state index contributed by atoms with van der Waals surface area (Å²) in [6, 6.07) is 10.9. The van der Waals surface area contributed by atoms with Gasteiger partial charge in [-0.15, -0.1) is 0 Å². The van der Waals surface area contributed by atoms with Crippen molar-refractivity contribution in [3.05, 3.63) is 59.9 Å². The molecule has 0 saturated heterocycles. The number of H-pyrrole nitrogens is 1. The maximum absolute atomic E-state index is 12.3. The first-order chi connectivity index (χ1) is 8.75. The SMILES string of the molecule is [B]c1cnc2[nH]cc(C(=O)c3ccccc3)c2c1. The number of aromatic amines is 1. The molecule has 4 heteroatoms. The van der Waals surface area contributed by atoms with Gasteiger partial charge in [0.05, 0.1) is 0 Å². The van der Waals surface area contributed by atoms with Crippen LogP contribution in [0.5, 0.6) is 0 Å². The monoisotopic (exact) mass is 232 g/mol. The Bertz CT molecular complexity index is 719. The topological polar surface area (TPSA) is 45.8 Å². The van der Waals surface area contributed by atoms with E-state index in [0.29, 0.717) is 22.2 Å². The number of aromatic nitrogens is 2. The summed E-state index contributed by atoms with van der Waals surface area (Å²) < 4.78 is 0. The fourth-order valence-electron chi connectivity index (χ4n) is 1.95. The summed E-state index contributed by atoms with van der Waals surface area (Å²) in [5.74, 6) is -0.0331. The van der Waals surface area contributed by atoms with Gasteiger partial charge in [0.2, 0.25) is 0 Å². The van der Waals surface area contributed by atoms with Crippen LogP contribution in [0.2, 0.25) is 0 Å². The van der Waals surface area contributed by atoms with E-state index in [0.717, 1.165) is 5.39 Å². The van der Waals surface area contributed by atoms with E-state index in [-0.39, 0.29) is 5.78 Å². The Morgan fingerprint density at radius 1 is 1.22 bits per heavy atom. The Balaban J connectivity index is 2.15. The third kappa shape index (κ3) is 1.72. The number of fused-ring (bicyclic) bond motifs is 1. The molecular weight excluding hydrogens is 223 g/mol. The van der Waals surface area contributed by atoms with Crippen LogP contribution >= 0.6 is 0 Å². The molecule has 0 saturated carbocycles. The van der Waals surface area contributed by atoms with Crippen molar-refractivity contribution in [2.24, 2.45) is 0 Å². The van der Waals surface area contributed by atoms with Gasteiger partial charge in [-0.3, -0.25) is 4.79 Å². The molecule has 1 N–H and O–H groups in total. The number of hydrogen-bond donors (Lipinski definition) is 1. The highest BCUT2D eigenvalue weighted by atomic mass is 16.1. The number of carbonyl (C=O) groups is 1. The van der Waals surface area contributed by atoms with Crippen molar-refractivity contribution < 1.29 is 4.79 Å². The molecule has 84 valence electrons. The molecule has 18 heavy (non-hydrogen) atoms. The second-order valence-electron chi connectivity index (χ2n) is 4.06. The minimum absolute atomic E-state index is 0.0331. The van der Waals surface area contributed by atoms with E-state index < -0.39 is 0 Å². The molecule has 3 nitrogen and oxygen atoms in total. The van der Waals surface area contributed by atoms with Gasteiger partial charge in [0, 0.05) is 28.9 Å². The van der Waals surface area contributed by atoms with Crippen molar-refractivity contribution in [3.8, 4) is 0 Å². The third-order valence-electron chi connectivity index (χ3n) is 2.83. The molecule has 0 aliphatic heterocycles. The lowest BCUT2D eigenvalue weighted by atomic mass is 9.96. The van der Waals surface area contributed by atoms with E-state index in [4.69, 9.17) is 7.85 Å². The predicted octanol–water partition coefficient (Wildman–Crippen LogP) is 1.59. The van der Waals surface area contributed by atoms with E-state index in [1.807, 2.05) is 18.2 Å². The van der Waals surface area contributed by atoms with Crippen molar-refractivity contribution in [2.45, 2.75) is 0 Å². The zero-order valence-corrected chi connectivity index (χ0v) is 9.55. The molecule has 0 aliphatic carbocycles. The Kier molecular flexibility index (Phi) is 2.48. The second kappa shape index (κ2) is 4.15. The number of ketones is 1. The molecule has 2 heterocycles. The normalized spacial score (nSPS) is 10.7. The number of carbonyl (C=O) groups excluding carboxylic acids is 1. The first kappa shape index (κ1) is 10.8. The van der Waals surface area contributed by atoms with E-state index in [1.165, 1.54) is 0 Å². The molecule has 3 aromatic rings. The summed E-state index contributed by atoms with van der Waals surface area (Å²) in [5.41, 5.74) is 2.46. The summed E-state index contributed by atoms with van der Waals surface area (Å²) in [5, 5.41) is 0.754. The average Bonchev–Trinajstić information content (AvgIpc) is 2.82. The van der Waals surface area contributed by atoms with Crippen molar-refractivity contribution in [1.29, 1.82) is 0 Å². The van der Waals surface area contributed by atoms with Gasteiger partial charge in [-0.1, -0.05) is 41.9 Å². The fourth-order valence-corrected chi connectivity index (χ4v) is 1.95. The zero-order valence-electron chi connectivity index (χ0n) is 9.55. The number of hydrogen-bond acceptors (Lipinski definition) is 2. The van der Waals surface area contributed by atoms with Gasteiger partial charge in [0.1, 0.15) is 13.5 Å². The molecule has 3 rings (SSSR count). The van der Waals surface area contributed by atoms with Crippen LogP contribution in [0.15, 0.2) is 48.8 Å². The van der Waals surface area contributed by atoms with Crippen LogP contribution < -0.4 is 5.46 Å². The van der Waals surface area contributed by atoms with Crippen molar-refractivity contribution in [3.63, 3.8) is 0 Å². The van der Waals surface area contributed by atoms with Crippen molar-refractivity contribution in [1.82, 2.24) is 9.97 Å². The van der Waals surface area contributed by atoms with Crippen LogP contribution in [0.3, 0.4) is 0 Å². The highest BCUT2D eigenvalue weighted by Crippen LogP contribution is 2.18. The highest BCUT2D eigenvalue weighted by Gasteiger charge is 2.14. The van der Waals surface area contributed by atoms with Crippen LogP contribution in [0, 0.1) is 0 Å². The van der Waals surface area contributed by atoms with Crippen LogP contribution in [0.25, 0.3) is 11.0 Å². The Labute approximate surface area is 105 Å². The van der Waals surface area contributed by atoms with Crippen LogP contribution in [0.4, 0.5) is 0 Å². The summed E-state index contributed by atoms with van der Waals surface area (Å²) in [6.07, 6.45) is 3.24. The number of benzene rings is 1. The van der Waals surface area contributed by atoms with Gasteiger partial charge in [-0.2, -0.15) is 0 Å². The maximum atomic E-state index is 12.3. The van der Waals surface area contributed by atoms with Gasteiger partial charge in [0.25, 0.3) is 0 Å². The second-order valence-corrected chi connectivity index (χ2v) is 4.06. The quantitative estimate of drug-likeness (QED) is 0.538. The zero-order chi connectivity index (χ0) is 12.5. The summed E-state index contributed by atoms with van der Waals surface area (Å²) in [7, 11) is 5.70. The van der Waals surface area contributed by atoms with Crippen molar-refractivity contribution in [2.75, 3.05) is 0 Å². The standard InChI is InChI=1S/C14H9BN2O/c15-10-6-11-12(8-17-14(11)16-7-10)13(18)9-4-2-1-3-5-9/h1-8H,(H,16,17). The van der Waals surface area contributed by atoms with E-state index in [9.17, 15) is 4.79 Å². The predicted molar refractivity (Wildman–Crippen MR) is 71.4 cm³/mol. The maximum Gasteiger partial charge on any atom is 0.195 e.